The maximum Gasteiger partial charge on any atom is 0.269 e. The fourth-order valence-corrected chi connectivity index (χ4v) is 6.21. The minimum absolute atomic E-state index is 0.201. The Morgan fingerprint density at radius 2 is 1.42 bits per heavy atom. The molecule has 0 N–H and O–H groups in total. The number of aromatic nitrogens is 2. The first-order valence-corrected chi connectivity index (χ1v) is 13.6. The van der Waals surface area contributed by atoms with E-state index in [1.807, 2.05) is 84.9 Å². The normalized spacial score (nSPS) is 11.6. The summed E-state index contributed by atoms with van der Waals surface area (Å²) in [6, 6.07) is 35.6. The Labute approximate surface area is 221 Å². The SMILES string of the molecule is C=C(c1ccccc1)c1ccc2c3cc(-c4ccc(OC)cc4)ccc3n(S(=O)(=O)c3ccccc3)c2n1. The summed E-state index contributed by atoms with van der Waals surface area (Å²) in [5.41, 5.74) is 5.17. The van der Waals surface area contributed by atoms with E-state index in [1.54, 1.807) is 37.4 Å². The van der Waals surface area contributed by atoms with Crippen LogP contribution in [-0.2, 0) is 10.0 Å². The van der Waals surface area contributed by atoms with Gasteiger partial charge in [0.1, 0.15) is 5.75 Å². The molecule has 0 aliphatic carbocycles. The molecule has 6 aromatic rings. The molecule has 38 heavy (non-hydrogen) atoms. The fourth-order valence-electron chi connectivity index (χ4n) is 4.72. The molecular weight excluding hydrogens is 492 g/mol. The van der Waals surface area contributed by atoms with E-state index in [1.165, 1.54) is 3.97 Å². The molecule has 0 spiro atoms. The van der Waals surface area contributed by atoms with Crippen LogP contribution < -0.4 is 4.74 Å². The summed E-state index contributed by atoms with van der Waals surface area (Å²) in [5, 5.41) is 1.55. The molecule has 0 fully saturated rings. The van der Waals surface area contributed by atoms with Crippen molar-refractivity contribution in [2.75, 3.05) is 7.11 Å². The Morgan fingerprint density at radius 3 is 2.11 bits per heavy atom. The lowest BCUT2D eigenvalue weighted by Crippen LogP contribution is -2.13. The summed E-state index contributed by atoms with van der Waals surface area (Å²) in [4.78, 5) is 5.07. The molecule has 4 aromatic carbocycles. The summed E-state index contributed by atoms with van der Waals surface area (Å²) < 4.78 is 34.6. The lowest BCUT2D eigenvalue weighted by Gasteiger charge is -2.10. The van der Waals surface area contributed by atoms with Gasteiger partial charge in [0.05, 0.1) is 23.2 Å². The largest absolute Gasteiger partial charge is 0.497 e. The number of methoxy groups -OCH3 is 1. The van der Waals surface area contributed by atoms with E-state index in [4.69, 9.17) is 9.72 Å². The molecule has 0 aliphatic heterocycles. The average molecular weight is 517 g/mol. The first-order valence-electron chi connectivity index (χ1n) is 12.1. The van der Waals surface area contributed by atoms with Crippen LogP contribution in [0.5, 0.6) is 5.75 Å². The third-order valence-electron chi connectivity index (χ3n) is 6.71. The Hall–Kier alpha value is -4.68. The third kappa shape index (κ3) is 3.96. The molecule has 6 heteroatoms. The molecular formula is C32H24N2O3S. The van der Waals surface area contributed by atoms with E-state index in [-0.39, 0.29) is 4.90 Å². The van der Waals surface area contributed by atoms with E-state index < -0.39 is 10.0 Å². The number of nitrogens with zero attached hydrogens (tertiary/aromatic N) is 2. The molecule has 0 aliphatic rings. The standard InChI is InChI=1S/C32H24N2O3S/c1-22(23-9-5-3-6-10-23)30-19-18-28-29-21-25(24-13-16-26(37-2)17-14-24)15-20-31(29)34(32(28)33-30)38(35,36)27-11-7-4-8-12-27/h3-21H,1H2,2H3. The maximum absolute atomic E-state index is 14.0. The zero-order valence-electron chi connectivity index (χ0n) is 20.7. The molecule has 0 saturated carbocycles. The molecule has 5 nitrogen and oxygen atoms in total. The highest BCUT2D eigenvalue weighted by molar-refractivity contribution is 7.90. The monoisotopic (exact) mass is 516 g/mol. The van der Waals surface area contributed by atoms with Crippen molar-refractivity contribution in [3.63, 3.8) is 0 Å². The van der Waals surface area contributed by atoms with Gasteiger partial charge in [-0.05, 0) is 65.2 Å². The van der Waals surface area contributed by atoms with Crippen LogP contribution in [-0.4, -0.2) is 24.5 Å². The zero-order valence-corrected chi connectivity index (χ0v) is 21.5. The highest BCUT2D eigenvalue weighted by Gasteiger charge is 2.25. The van der Waals surface area contributed by atoms with Crippen LogP contribution in [0.15, 0.2) is 127 Å². The van der Waals surface area contributed by atoms with Crippen molar-refractivity contribution in [1.82, 2.24) is 8.96 Å². The number of pyridine rings is 1. The molecule has 0 saturated heterocycles. The van der Waals surface area contributed by atoms with Crippen molar-refractivity contribution in [2.45, 2.75) is 4.90 Å². The molecule has 6 rings (SSSR count). The number of ether oxygens (including phenoxy) is 1. The Morgan fingerprint density at radius 1 is 0.763 bits per heavy atom. The molecule has 0 unspecified atom stereocenters. The van der Waals surface area contributed by atoms with E-state index in [0.717, 1.165) is 38.8 Å². The molecule has 186 valence electrons. The van der Waals surface area contributed by atoms with Crippen LogP contribution in [0.25, 0.3) is 38.6 Å². The highest BCUT2D eigenvalue weighted by Crippen LogP contribution is 2.36. The van der Waals surface area contributed by atoms with E-state index in [2.05, 4.69) is 6.58 Å². The minimum atomic E-state index is -3.93. The van der Waals surface area contributed by atoms with Gasteiger partial charge in [-0.25, -0.2) is 17.4 Å². The predicted octanol–water partition coefficient (Wildman–Crippen LogP) is 7.16. The quantitative estimate of drug-likeness (QED) is 0.236. The van der Waals surface area contributed by atoms with Crippen molar-refractivity contribution < 1.29 is 13.2 Å². The van der Waals surface area contributed by atoms with Crippen molar-refractivity contribution in [2.24, 2.45) is 0 Å². The number of rotatable bonds is 6. The Bertz CT molecular complexity index is 1910. The van der Waals surface area contributed by atoms with Crippen LogP contribution in [0, 0.1) is 0 Å². The van der Waals surface area contributed by atoms with Gasteiger partial charge in [0.2, 0.25) is 0 Å². The van der Waals surface area contributed by atoms with Gasteiger partial charge >= 0.3 is 0 Å². The number of benzene rings is 4. The third-order valence-corrected chi connectivity index (χ3v) is 8.43. The molecule has 2 aromatic heterocycles. The number of fused-ring (bicyclic) bond motifs is 3. The lowest BCUT2D eigenvalue weighted by atomic mass is 10.0. The fraction of sp³-hybridized carbons (Fsp3) is 0.0312. The average Bonchev–Trinajstić information content (AvgIpc) is 3.31. The van der Waals surface area contributed by atoms with Gasteiger partial charge in [0, 0.05) is 16.3 Å². The summed E-state index contributed by atoms with van der Waals surface area (Å²) in [6.07, 6.45) is 0. The summed E-state index contributed by atoms with van der Waals surface area (Å²) in [7, 11) is -2.30. The van der Waals surface area contributed by atoms with Crippen LogP contribution in [0.3, 0.4) is 0 Å². The van der Waals surface area contributed by atoms with Gasteiger partial charge in [0.25, 0.3) is 10.0 Å². The van der Waals surface area contributed by atoms with Crippen LogP contribution in [0.4, 0.5) is 0 Å². The van der Waals surface area contributed by atoms with Crippen LogP contribution >= 0.6 is 0 Å². The van der Waals surface area contributed by atoms with Gasteiger partial charge in [-0.15, -0.1) is 0 Å². The Kier molecular flexibility index (Phi) is 5.81. The first kappa shape index (κ1) is 23.7. The van der Waals surface area contributed by atoms with Crippen LogP contribution in [0.2, 0.25) is 0 Å². The van der Waals surface area contributed by atoms with Gasteiger partial charge < -0.3 is 4.74 Å². The van der Waals surface area contributed by atoms with Crippen molar-refractivity contribution in [3.05, 3.63) is 133 Å². The smallest absolute Gasteiger partial charge is 0.269 e. The van der Waals surface area contributed by atoms with E-state index >= 15 is 0 Å². The Balaban J connectivity index is 1.61. The zero-order chi connectivity index (χ0) is 26.3. The summed E-state index contributed by atoms with van der Waals surface area (Å²) >= 11 is 0. The summed E-state index contributed by atoms with van der Waals surface area (Å²) in [6.45, 7) is 4.24. The van der Waals surface area contributed by atoms with Crippen molar-refractivity contribution in [3.8, 4) is 16.9 Å². The second kappa shape index (κ2) is 9.32. The van der Waals surface area contributed by atoms with E-state index in [9.17, 15) is 8.42 Å². The topological polar surface area (TPSA) is 61.2 Å². The second-order valence-electron chi connectivity index (χ2n) is 8.96. The molecule has 0 bridgehead atoms. The van der Waals surface area contributed by atoms with Gasteiger partial charge in [-0.2, -0.15) is 0 Å². The van der Waals surface area contributed by atoms with Gasteiger partial charge in [-0.3, -0.25) is 0 Å². The molecule has 2 heterocycles. The van der Waals surface area contributed by atoms with Gasteiger partial charge in [-0.1, -0.05) is 73.3 Å². The summed E-state index contributed by atoms with van der Waals surface area (Å²) in [5.74, 6) is 0.774. The maximum atomic E-state index is 14.0. The number of hydrogen-bond donors (Lipinski definition) is 0. The lowest BCUT2D eigenvalue weighted by molar-refractivity contribution is 0.415. The van der Waals surface area contributed by atoms with Gasteiger partial charge in [0.15, 0.2) is 5.65 Å². The predicted molar refractivity (Wildman–Crippen MR) is 153 cm³/mol. The van der Waals surface area contributed by atoms with Crippen molar-refractivity contribution in [1.29, 1.82) is 0 Å². The van der Waals surface area contributed by atoms with Crippen molar-refractivity contribution >= 4 is 37.5 Å². The second-order valence-corrected chi connectivity index (χ2v) is 10.7. The number of hydrogen-bond acceptors (Lipinski definition) is 4. The first-order chi connectivity index (χ1) is 18.5. The van der Waals surface area contributed by atoms with E-state index in [0.29, 0.717) is 16.9 Å². The molecule has 0 atom stereocenters. The molecule has 0 radical (unpaired) electrons. The minimum Gasteiger partial charge on any atom is -0.497 e. The van der Waals surface area contributed by atoms with Crippen LogP contribution in [0.1, 0.15) is 11.3 Å². The highest BCUT2D eigenvalue weighted by atomic mass is 32.2. The molecule has 0 amide bonds.